The summed E-state index contributed by atoms with van der Waals surface area (Å²) >= 11 is 0. The maximum absolute atomic E-state index is 12.3. The molecule has 1 fully saturated rings. The molecule has 1 N–H and O–H groups in total. The smallest absolute Gasteiger partial charge is 0.274 e. The Bertz CT molecular complexity index is 678. The molecule has 2 heterocycles. The van der Waals surface area contributed by atoms with Crippen molar-refractivity contribution in [1.82, 2.24) is 14.9 Å². The Morgan fingerprint density at radius 3 is 2.74 bits per heavy atom. The number of nitrogens with one attached hydrogen (secondary N) is 1. The Hall–Kier alpha value is -2.69. The average Bonchev–Trinajstić information content (AvgIpc) is 3.14. The number of aromatic nitrogens is 2. The fraction of sp³-hybridized carbons (Fsp3) is 0.278. The van der Waals surface area contributed by atoms with Crippen LogP contribution in [0.25, 0.3) is 6.08 Å². The van der Waals surface area contributed by atoms with Crippen molar-refractivity contribution in [2.24, 2.45) is 0 Å². The van der Waals surface area contributed by atoms with E-state index in [2.05, 4.69) is 15.3 Å². The van der Waals surface area contributed by atoms with Crippen LogP contribution in [0.1, 0.15) is 28.9 Å². The van der Waals surface area contributed by atoms with Crippen LogP contribution in [0, 0.1) is 0 Å². The number of hydrogen-bond acceptors (Lipinski definition) is 4. The van der Waals surface area contributed by atoms with E-state index in [1.165, 1.54) is 6.20 Å². The van der Waals surface area contributed by atoms with Crippen LogP contribution in [0.5, 0.6) is 0 Å². The summed E-state index contributed by atoms with van der Waals surface area (Å²) in [5, 5.41) is 3.17. The number of likely N-dealkylation sites (tertiary alicyclic amines) is 1. The lowest BCUT2D eigenvalue weighted by Crippen LogP contribution is -2.28. The third-order valence-electron chi connectivity index (χ3n) is 3.76. The molecule has 1 saturated heterocycles. The van der Waals surface area contributed by atoms with Gasteiger partial charge in [-0.15, -0.1) is 0 Å². The van der Waals surface area contributed by atoms with Crippen LogP contribution >= 0.6 is 0 Å². The number of benzene rings is 1. The lowest BCUT2D eigenvalue weighted by Gasteiger charge is -2.14. The summed E-state index contributed by atoms with van der Waals surface area (Å²) in [7, 11) is 0. The lowest BCUT2D eigenvalue weighted by molar-refractivity contribution is 0.0786. The van der Waals surface area contributed by atoms with E-state index >= 15 is 0 Å². The molecule has 0 aliphatic carbocycles. The van der Waals surface area contributed by atoms with Gasteiger partial charge in [-0.2, -0.15) is 0 Å². The molecule has 5 nitrogen and oxygen atoms in total. The quantitative estimate of drug-likeness (QED) is 0.923. The van der Waals surface area contributed by atoms with Crippen LogP contribution in [0.2, 0.25) is 0 Å². The average molecular weight is 308 g/mol. The van der Waals surface area contributed by atoms with Gasteiger partial charge in [0, 0.05) is 19.6 Å². The van der Waals surface area contributed by atoms with Gasteiger partial charge in [-0.25, -0.2) is 4.98 Å². The molecule has 23 heavy (non-hydrogen) atoms. The van der Waals surface area contributed by atoms with Crippen molar-refractivity contribution in [2.45, 2.75) is 12.8 Å². The summed E-state index contributed by atoms with van der Waals surface area (Å²) in [6, 6.07) is 10.1. The first-order valence-corrected chi connectivity index (χ1v) is 7.90. The summed E-state index contributed by atoms with van der Waals surface area (Å²) in [5.41, 5.74) is 1.56. The summed E-state index contributed by atoms with van der Waals surface area (Å²) in [5.74, 6) is 0.589. The highest BCUT2D eigenvalue weighted by molar-refractivity contribution is 5.92. The lowest BCUT2D eigenvalue weighted by atomic mass is 10.2. The Balaban J connectivity index is 1.57. The zero-order chi connectivity index (χ0) is 15.9. The molecule has 0 radical (unpaired) electrons. The molecule has 0 unspecified atom stereocenters. The highest BCUT2D eigenvalue weighted by Crippen LogP contribution is 2.12. The van der Waals surface area contributed by atoms with E-state index in [1.54, 1.807) is 6.20 Å². The van der Waals surface area contributed by atoms with Crippen molar-refractivity contribution >= 4 is 17.8 Å². The zero-order valence-corrected chi connectivity index (χ0v) is 13.0. The summed E-state index contributed by atoms with van der Waals surface area (Å²) in [6.45, 7) is 2.26. The van der Waals surface area contributed by atoms with Gasteiger partial charge in [0.25, 0.3) is 5.91 Å². The highest BCUT2D eigenvalue weighted by atomic mass is 16.2. The second-order valence-corrected chi connectivity index (χ2v) is 5.48. The van der Waals surface area contributed by atoms with Gasteiger partial charge >= 0.3 is 0 Å². The monoisotopic (exact) mass is 308 g/mol. The fourth-order valence-corrected chi connectivity index (χ4v) is 2.56. The van der Waals surface area contributed by atoms with E-state index in [1.807, 2.05) is 47.4 Å². The van der Waals surface area contributed by atoms with Gasteiger partial charge in [0.2, 0.25) is 0 Å². The molecule has 0 spiro atoms. The molecule has 3 rings (SSSR count). The van der Waals surface area contributed by atoms with E-state index in [0.29, 0.717) is 18.1 Å². The predicted octanol–water partition coefficient (Wildman–Crippen LogP) is 2.84. The number of amides is 1. The first-order chi connectivity index (χ1) is 11.3. The Morgan fingerprint density at radius 2 is 1.96 bits per heavy atom. The molecule has 1 aromatic heterocycles. The minimum Gasteiger partial charge on any atom is -0.365 e. The number of anilines is 1. The van der Waals surface area contributed by atoms with Gasteiger partial charge in [0.05, 0.1) is 12.4 Å². The molecule has 0 atom stereocenters. The Morgan fingerprint density at radius 1 is 1.17 bits per heavy atom. The first kappa shape index (κ1) is 15.2. The van der Waals surface area contributed by atoms with E-state index in [-0.39, 0.29) is 5.91 Å². The van der Waals surface area contributed by atoms with E-state index in [4.69, 9.17) is 0 Å². The first-order valence-electron chi connectivity index (χ1n) is 7.90. The zero-order valence-electron chi connectivity index (χ0n) is 13.0. The molecule has 118 valence electrons. The minimum atomic E-state index is -0.0292. The molecule has 1 aromatic carbocycles. The molecule has 2 aromatic rings. The molecular formula is C18H20N4O. The molecule has 5 heteroatoms. The van der Waals surface area contributed by atoms with Gasteiger partial charge < -0.3 is 10.2 Å². The van der Waals surface area contributed by atoms with Gasteiger partial charge in [-0.1, -0.05) is 42.5 Å². The summed E-state index contributed by atoms with van der Waals surface area (Å²) < 4.78 is 0. The second-order valence-electron chi connectivity index (χ2n) is 5.48. The summed E-state index contributed by atoms with van der Waals surface area (Å²) in [6.07, 6.45) is 9.37. The number of hydrogen-bond donors (Lipinski definition) is 1. The van der Waals surface area contributed by atoms with E-state index in [0.717, 1.165) is 31.5 Å². The van der Waals surface area contributed by atoms with Gasteiger partial charge in [-0.3, -0.25) is 9.78 Å². The van der Waals surface area contributed by atoms with Crippen molar-refractivity contribution < 1.29 is 4.79 Å². The normalized spacial score (nSPS) is 14.3. The van der Waals surface area contributed by atoms with Crippen LogP contribution < -0.4 is 5.32 Å². The van der Waals surface area contributed by atoms with Crippen LogP contribution in [0.15, 0.2) is 48.8 Å². The van der Waals surface area contributed by atoms with Crippen LogP contribution in [0.4, 0.5) is 5.82 Å². The van der Waals surface area contributed by atoms with Crippen molar-refractivity contribution in [2.75, 3.05) is 25.0 Å². The van der Waals surface area contributed by atoms with Gasteiger partial charge in [-0.05, 0) is 18.4 Å². The van der Waals surface area contributed by atoms with Crippen LogP contribution in [-0.2, 0) is 0 Å². The largest absolute Gasteiger partial charge is 0.365 e. The third-order valence-corrected chi connectivity index (χ3v) is 3.76. The Labute approximate surface area is 136 Å². The molecule has 1 aliphatic heterocycles. The fourth-order valence-electron chi connectivity index (χ4n) is 2.56. The number of rotatable bonds is 5. The topological polar surface area (TPSA) is 58.1 Å². The maximum atomic E-state index is 12.3. The summed E-state index contributed by atoms with van der Waals surface area (Å²) in [4.78, 5) is 22.6. The molecule has 0 bridgehead atoms. The Kier molecular flexibility index (Phi) is 4.99. The van der Waals surface area contributed by atoms with Crippen molar-refractivity contribution in [3.05, 3.63) is 60.1 Å². The third kappa shape index (κ3) is 4.16. The molecular weight excluding hydrogens is 288 g/mol. The van der Waals surface area contributed by atoms with Crippen molar-refractivity contribution in [3.63, 3.8) is 0 Å². The minimum absolute atomic E-state index is 0.0292. The van der Waals surface area contributed by atoms with Gasteiger partial charge in [0.15, 0.2) is 0 Å². The van der Waals surface area contributed by atoms with Crippen molar-refractivity contribution in [1.29, 1.82) is 0 Å². The molecule has 1 amide bonds. The van der Waals surface area contributed by atoms with Gasteiger partial charge in [0.1, 0.15) is 11.5 Å². The highest BCUT2D eigenvalue weighted by Gasteiger charge is 2.20. The predicted molar refractivity (Wildman–Crippen MR) is 91.1 cm³/mol. The standard InChI is InChI=1S/C18H20N4O/c23-18(22-11-4-5-12-22)16-13-19-14-17(21-16)20-10-6-9-15-7-2-1-3-8-15/h1-3,6-9,13-14H,4-5,10-12H2,(H,20,21). The second kappa shape index (κ2) is 7.54. The van der Waals surface area contributed by atoms with Crippen molar-refractivity contribution in [3.8, 4) is 0 Å². The number of carbonyl (C=O) groups excluding carboxylic acids is 1. The number of carbonyl (C=O) groups is 1. The number of nitrogens with zero attached hydrogens (tertiary/aromatic N) is 3. The molecule has 0 saturated carbocycles. The SMILES string of the molecule is O=C(c1cncc(NCC=Cc2ccccc2)n1)N1CCCC1. The maximum Gasteiger partial charge on any atom is 0.274 e. The van der Waals surface area contributed by atoms with E-state index < -0.39 is 0 Å². The van der Waals surface area contributed by atoms with Crippen LogP contribution in [-0.4, -0.2) is 40.4 Å². The molecule has 1 aliphatic rings. The van der Waals surface area contributed by atoms with E-state index in [9.17, 15) is 4.79 Å². The van der Waals surface area contributed by atoms with Crippen LogP contribution in [0.3, 0.4) is 0 Å².